The molecule has 0 aliphatic rings. The Hall–Kier alpha value is -2.88. The zero-order chi connectivity index (χ0) is 25.1. The van der Waals surface area contributed by atoms with Gasteiger partial charge < -0.3 is 14.8 Å². The molecule has 0 aliphatic carbocycles. The summed E-state index contributed by atoms with van der Waals surface area (Å²) in [6.45, 7) is 8.27. The van der Waals surface area contributed by atoms with Crippen molar-refractivity contribution in [3.05, 3.63) is 51.4 Å². The number of hydrogen-bond acceptors (Lipinski definition) is 6. The summed E-state index contributed by atoms with van der Waals surface area (Å²) in [5, 5.41) is 2.67. The number of halogens is 3. The molecule has 1 amide bonds. The molecule has 1 N–H and O–H groups in total. The maximum Gasteiger partial charge on any atom is 0.416 e. The molecule has 0 bridgehead atoms. The molecule has 6 nitrogen and oxygen atoms in total. The van der Waals surface area contributed by atoms with Gasteiger partial charge in [-0.1, -0.05) is 25.1 Å². The molecular weight excluding hydrogens is 459 g/mol. The lowest BCUT2D eigenvalue weighted by Gasteiger charge is -2.19. The van der Waals surface area contributed by atoms with Crippen molar-refractivity contribution in [2.24, 2.45) is 0 Å². The van der Waals surface area contributed by atoms with Gasteiger partial charge in [0, 0.05) is 0 Å². The number of thiophene rings is 1. The fraction of sp³-hybridized carbons (Fsp3) is 0.435. The van der Waals surface area contributed by atoms with Crippen molar-refractivity contribution in [2.45, 2.75) is 58.7 Å². The van der Waals surface area contributed by atoms with E-state index in [1.165, 1.54) is 19.1 Å². The molecule has 2 rings (SSSR count). The number of esters is 2. The molecule has 0 aliphatic heterocycles. The Bertz CT molecular complexity index is 1050. The highest BCUT2D eigenvalue weighted by molar-refractivity contribution is 7.18. The minimum Gasteiger partial charge on any atom is -0.465 e. The number of amides is 1. The molecule has 1 atom stereocenters. The molecule has 2 aromatic rings. The molecule has 180 valence electrons. The third kappa shape index (κ3) is 6.34. The molecule has 33 heavy (non-hydrogen) atoms. The summed E-state index contributed by atoms with van der Waals surface area (Å²) in [5.41, 5.74) is -1.18. The van der Waals surface area contributed by atoms with E-state index in [2.05, 4.69) is 5.32 Å². The lowest BCUT2D eigenvalue weighted by atomic mass is 9.94. The van der Waals surface area contributed by atoms with E-state index in [9.17, 15) is 27.6 Å². The first-order chi connectivity index (χ1) is 15.2. The maximum absolute atomic E-state index is 13.1. The summed E-state index contributed by atoms with van der Waals surface area (Å²) in [7, 11) is 1.16. The van der Waals surface area contributed by atoms with Gasteiger partial charge in [-0.25, -0.2) is 9.59 Å². The fourth-order valence-electron chi connectivity index (χ4n) is 3.17. The Labute approximate surface area is 194 Å². The van der Waals surface area contributed by atoms with E-state index in [0.29, 0.717) is 0 Å². The molecule has 1 aromatic carbocycles. The van der Waals surface area contributed by atoms with Crippen molar-refractivity contribution in [1.82, 2.24) is 0 Å². The first-order valence-electron chi connectivity index (χ1n) is 10.1. The van der Waals surface area contributed by atoms with Crippen LogP contribution in [-0.4, -0.2) is 30.6 Å². The Morgan fingerprint density at radius 2 is 1.76 bits per heavy atom. The van der Waals surface area contributed by atoms with Crippen LogP contribution in [0.2, 0.25) is 0 Å². The number of nitrogens with one attached hydrogen (secondary N) is 1. The second-order valence-electron chi connectivity index (χ2n) is 8.33. The predicted octanol–water partition coefficient (Wildman–Crippen LogP) is 5.95. The van der Waals surface area contributed by atoms with E-state index in [-0.39, 0.29) is 33.0 Å². The van der Waals surface area contributed by atoms with Gasteiger partial charge in [0.25, 0.3) is 0 Å². The van der Waals surface area contributed by atoms with Crippen LogP contribution in [0.15, 0.2) is 24.3 Å². The second-order valence-corrected chi connectivity index (χ2v) is 9.35. The third-order valence-electron chi connectivity index (χ3n) is 4.70. The molecule has 0 saturated heterocycles. The first kappa shape index (κ1) is 26.4. The van der Waals surface area contributed by atoms with Crippen LogP contribution >= 0.6 is 11.3 Å². The van der Waals surface area contributed by atoms with Gasteiger partial charge >= 0.3 is 18.1 Å². The Kier molecular flexibility index (Phi) is 7.95. The molecule has 0 saturated carbocycles. The van der Waals surface area contributed by atoms with Gasteiger partial charge in [0.2, 0.25) is 5.91 Å². The van der Waals surface area contributed by atoms with Crippen molar-refractivity contribution in [3.8, 4) is 0 Å². The van der Waals surface area contributed by atoms with Gasteiger partial charge in [0.15, 0.2) is 0 Å². The van der Waals surface area contributed by atoms with Crippen LogP contribution in [-0.2, 0) is 20.4 Å². The number of methoxy groups -OCH3 is 1. The zero-order valence-corrected chi connectivity index (χ0v) is 20.0. The summed E-state index contributed by atoms with van der Waals surface area (Å²) in [6, 6.07) is 4.54. The average molecular weight is 486 g/mol. The lowest BCUT2D eigenvalue weighted by molar-refractivity contribution is -0.137. The highest BCUT2D eigenvalue weighted by Crippen LogP contribution is 2.37. The Morgan fingerprint density at radius 3 is 2.27 bits per heavy atom. The standard InChI is InChI=1S/C23H26F3NO5S/c1-7-15(13-9-8-10-14(11-13)23(24,25)26)18(28)27-19-16(20(29)31-6)12(2)17(33-19)21(30)32-22(3,4)5/h8-11,15H,7H2,1-6H3,(H,27,28). The van der Waals surface area contributed by atoms with Crippen molar-refractivity contribution in [2.75, 3.05) is 12.4 Å². The van der Waals surface area contributed by atoms with Gasteiger partial charge in [-0.05, 0) is 51.3 Å². The Balaban J connectivity index is 2.44. The van der Waals surface area contributed by atoms with Crippen LogP contribution in [0.5, 0.6) is 0 Å². The van der Waals surface area contributed by atoms with Gasteiger partial charge in [-0.15, -0.1) is 11.3 Å². The zero-order valence-electron chi connectivity index (χ0n) is 19.2. The summed E-state index contributed by atoms with van der Waals surface area (Å²) >= 11 is 0.850. The fourth-order valence-corrected chi connectivity index (χ4v) is 4.25. The highest BCUT2D eigenvalue weighted by Gasteiger charge is 2.33. The molecule has 0 fully saturated rings. The smallest absolute Gasteiger partial charge is 0.416 e. The van der Waals surface area contributed by atoms with Crippen LogP contribution in [0, 0.1) is 6.92 Å². The molecule has 0 spiro atoms. The number of alkyl halides is 3. The summed E-state index contributed by atoms with van der Waals surface area (Å²) in [4.78, 5) is 38.1. The van der Waals surface area contributed by atoms with E-state index < -0.39 is 41.1 Å². The number of benzene rings is 1. The average Bonchev–Trinajstić information content (AvgIpc) is 3.02. The van der Waals surface area contributed by atoms with E-state index in [4.69, 9.17) is 9.47 Å². The van der Waals surface area contributed by atoms with Gasteiger partial charge in [0.05, 0.1) is 24.2 Å². The molecule has 1 heterocycles. The summed E-state index contributed by atoms with van der Waals surface area (Å²) < 4.78 is 49.5. The van der Waals surface area contributed by atoms with Crippen molar-refractivity contribution in [1.29, 1.82) is 0 Å². The maximum atomic E-state index is 13.1. The van der Waals surface area contributed by atoms with E-state index in [0.717, 1.165) is 30.6 Å². The Morgan fingerprint density at radius 1 is 1.12 bits per heavy atom. The monoisotopic (exact) mass is 485 g/mol. The predicted molar refractivity (Wildman–Crippen MR) is 119 cm³/mol. The van der Waals surface area contributed by atoms with Crippen LogP contribution in [0.1, 0.15) is 76.8 Å². The van der Waals surface area contributed by atoms with Crippen molar-refractivity contribution < 1.29 is 37.0 Å². The van der Waals surface area contributed by atoms with Gasteiger partial charge in [-0.3, -0.25) is 4.79 Å². The van der Waals surface area contributed by atoms with Gasteiger partial charge in [0.1, 0.15) is 15.5 Å². The number of ether oxygens (including phenoxy) is 2. The topological polar surface area (TPSA) is 81.7 Å². The van der Waals surface area contributed by atoms with Crippen LogP contribution in [0.25, 0.3) is 0 Å². The van der Waals surface area contributed by atoms with Crippen molar-refractivity contribution in [3.63, 3.8) is 0 Å². The quantitative estimate of drug-likeness (QED) is 0.512. The van der Waals surface area contributed by atoms with Crippen LogP contribution in [0.4, 0.5) is 18.2 Å². The minimum absolute atomic E-state index is 0.00407. The normalized spacial score (nSPS) is 12.8. The number of carbonyl (C=O) groups excluding carboxylic acids is 3. The second kappa shape index (κ2) is 9.94. The summed E-state index contributed by atoms with van der Waals surface area (Å²) in [5.74, 6) is -2.95. The van der Waals surface area contributed by atoms with Crippen LogP contribution < -0.4 is 5.32 Å². The largest absolute Gasteiger partial charge is 0.465 e. The van der Waals surface area contributed by atoms with Crippen LogP contribution in [0.3, 0.4) is 0 Å². The number of rotatable bonds is 6. The first-order valence-corrected chi connectivity index (χ1v) is 10.9. The van der Waals surface area contributed by atoms with E-state index in [1.807, 2.05) is 0 Å². The minimum atomic E-state index is -4.55. The molecule has 10 heteroatoms. The summed E-state index contributed by atoms with van der Waals surface area (Å²) in [6.07, 6.45) is -4.33. The molecule has 1 unspecified atom stereocenters. The number of carbonyl (C=O) groups is 3. The van der Waals surface area contributed by atoms with Gasteiger partial charge in [-0.2, -0.15) is 13.2 Å². The highest BCUT2D eigenvalue weighted by atomic mass is 32.1. The number of hydrogen-bond donors (Lipinski definition) is 1. The third-order valence-corrected chi connectivity index (χ3v) is 5.89. The van der Waals surface area contributed by atoms with Crippen molar-refractivity contribution >= 4 is 34.2 Å². The number of anilines is 1. The molecule has 1 aromatic heterocycles. The van der Waals surface area contributed by atoms with E-state index in [1.54, 1.807) is 27.7 Å². The SMILES string of the molecule is CCC(C(=O)Nc1sc(C(=O)OC(C)(C)C)c(C)c1C(=O)OC)c1cccc(C(F)(F)F)c1. The molecular formula is C23H26F3NO5S. The van der Waals surface area contributed by atoms with E-state index >= 15 is 0 Å². The lowest BCUT2D eigenvalue weighted by Crippen LogP contribution is -2.23. The molecule has 0 radical (unpaired) electrons.